The summed E-state index contributed by atoms with van der Waals surface area (Å²) in [6.45, 7) is 9.74. The van der Waals surface area contributed by atoms with E-state index in [4.69, 9.17) is 0 Å². The van der Waals surface area contributed by atoms with Crippen LogP contribution >= 0.6 is 0 Å². The highest BCUT2D eigenvalue weighted by molar-refractivity contribution is 5.92. The van der Waals surface area contributed by atoms with Crippen molar-refractivity contribution in [2.75, 3.05) is 49.1 Å². The molecule has 6 nitrogen and oxygen atoms in total. The average Bonchev–Trinajstić information content (AvgIpc) is 2.74. The molecule has 2 aliphatic rings. The van der Waals surface area contributed by atoms with Gasteiger partial charge in [-0.3, -0.25) is 4.79 Å². The number of anilines is 2. The van der Waals surface area contributed by atoms with Gasteiger partial charge in [0.15, 0.2) is 11.5 Å². The minimum absolute atomic E-state index is 0.00946. The third-order valence-electron chi connectivity index (χ3n) is 5.91. The molecule has 2 aliphatic heterocycles. The van der Waals surface area contributed by atoms with E-state index in [0.717, 1.165) is 57.9 Å². The first-order valence-electron chi connectivity index (χ1n) is 10.3. The Hall–Kier alpha value is -2.63. The molecule has 0 saturated carbocycles. The highest BCUT2D eigenvalue weighted by Gasteiger charge is 2.23. The van der Waals surface area contributed by atoms with Crippen LogP contribution in [0.1, 0.15) is 35.8 Å². The molecule has 1 amide bonds. The molecule has 3 heterocycles. The minimum atomic E-state index is 0.00946. The van der Waals surface area contributed by atoms with Gasteiger partial charge in [0.25, 0.3) is 5.91 Å². The summed E-state index contributed by atoms with van der Waals surface area (Å²) in [6, 6.07) is 12.4. The summed E-state index contributed by atoms with van der Waals surface area (Å²) >= 11 is 0. The Morgan fingerprint density at radius 2 is 1.64 bits per heavy atom. The molecule has 1 aromatic heterocycles. The number of piperidine rings is 1. The number of benzene rings is 1. The summed E-state index contributed by atoms with van der Waals surface area (Å²) in [5, 5.41) is 8.60. The highest BCUT2D eigenvalue weighted by atomic mass is 16.2. The van der Waals surface area contributed by atoms with Gasteiger partial charge in [-0.15, -0.1) is 10.2 Å². The Labute approximate surface area is 167 Å². The van der Waals surface area contributed by atoms with Crippen molar-refractivity contribution in [3.63, 3.8) is 0 Å². The van der Waals surface area contributed by atoms with Crippen LogP contribution in [-0.4, -0.2) is 60.3 Å². The molecule has 4 rings (SSSR count). The molecular formula is C22H29N5O. The van der Waals surface area contributed by atoms with Crippen molar-refractivity contribution in [3.05, 3.63) is 47.7 Å². The first-order valence-corrected chi connectivity index (χ1v) is 10.3. The zero-order valence-electron chi connectivity index (χ0n) is 16.8. The third-order valence-corrected chi connectivity index (χ3v) is 5.91. The van der Waals surface area contributed by atoms with Crippen molar-refractivity contribution in [1.82, 2.24) is 15.1 Å². The highest BCUT2D eigenvalue weighted by Crippen LogP contribution is 2.21. The lowest BCUT2D eigenvalue weighted by molar-refractivity contribution is 0.0690. The van der Waals surface area contributed by atoms with Crippen molar-refractivity contribution in [2.24, 2.45) is 5.92 Å². The van der Waals surface area contributed by atoms with Crippen LogP contribution < -0.4 is 9.80 Å². The monoisotopic (exact) mass is 379 g/mol. The zero-order chi connectivity index (χ0) is 19.5. The van der Waals surface area contributed by atoms with E-state index in [0.29, 0.717) is 11.6 Å². The fraction of sp³-hybridized carbons (Fsp3) is 0.500. The molecular weight excluding hydrogens is 350 g/mol. The first kappa shape index (κ1) is 18.7. The van der Waals surface area contributed by atoms with E-state index in [9.17, 15) is 4.79 Å². The molecule has 2 aromatic rings. The summed E-state index contributed by atoms with van der Waals surface area (Å²) in [7, 11) is 0. The van der Waals surface area contributed by atoms with Crippen LogP contribution in [0.5, 0.6) is 0 Å². The molecule has 2 saturated heterocycles. The van der Waals surface area contributed by atoms with Gasteiger partial charge in [0, 0.05) is 45.0 Å². The molecule has 1 aromatic carbocycles. The van der Waals surface area contributed by atoms with Crippen LogP contribution in [0.2, 0.25) is 0 Å². The van der Waals surface area contributed by atoms with E-state index in [1.54, 1.807) is 0 Å². The van der Waals surface area contributed by atoms with Gasteiger partial charge in [0.1, 0.15) is 0 Å². The smallest absolute Gasteiger partial charge is 0.274 e. The van der Waals surface area contributed by atoms with E-state index < -0.39 is 0 Å². The molecule has 28 heavy (non-hydrogen) atoms. The van der Waals surface area contributed by atoms with Crippen LogP contribution in [-0.2, 0) is 0 Å². The van der Waals surface area contributed by atoms with Crippen molar-refractivity contribution >= 4 is 17.4 Å². The van der Waals surface area contributed by atoms with E-state index in [-0.39, 0.29) is 5.91 Å². The largest absolute Gasteiger partial charge is 0.368 e. The van der Waals surface area contributed by atoms with Crippen molar-refractivity contribution in [1.29, 1.82) is 0 Å². The number of hydrogen-bond acceptors (Lipinski definition) is 5. The molecule has 0 unspecified atom stereocenters. The van der Waals surface area contributed by atoms with Crippen molar-refractivity contribution in [2.45, 2.75) is 26.7 Å². The maximum atomic E-state index is 12.6. The summed E-state index contributed by atoms with van der Waals surface area (Å²) < 4.78 is 0. The fourth-order valence-electron chi connectivity index (χ4n) is 4.00. The fourth-order valence-corrected chi connectivity index (χ4v) is 4.00. The molecule has 0 N–H and O–H groups in total. The lowest BCUT2D eigenvalue weighted by Crippen LogP contribution is -2.47. The number of carbonyl (C=O) groups is 1. The number of likely N-dealkylation sites (tertiary alicyclic amines) is 1. The average molecular weight is 380 g/mol. The molecule has 0 aliphatic carbocycles. The van der Waals surface area contributed by atoms with Gasteiger partial charge in [-0.05, 0) is 55.5 Å². The number of rotatable bonds is 3. The van der Waals surface area contributed by atoms with E-state index in [2.05, 4.69) is 58.1 Å². The Morgan fingerprint density at radius 3 is 2.29 bits per heavy atom. The first-order chi connectivity index (χ1) is 13.6. The quantitative estimate of drug-likeness (QED) is 0.821. The molecule has 0 atom stereocenters. The summed E-state index contributed by atoms with van der Waals surface area (Å²) in [5.74, 6) is 1.57. The molecule has 6 heteroatoms. The van der Waals surface area contributed by atoms with Gasteiger partial charge in [-0.25, -0.2) is 0 Å². The van der Waals surface area contributed by atoms with Gasteiger partial charge >= 0.3 is 0 Å². The molecule has 0 radical (unpaired) electrons. The second kappa shape index (κ2) is 8.17. The number of piperazine rings is 1. The third kappa shape index (κ3) is 4.11. The second-order valence-corrected chi connectivity index (χ2v) is 8.06. The SMILES string of the molecule is Cc1cccc(N2CCN(c3ccc(C(=O)N4CCC(C)CC4)nn3)CC2)c1. The number of aromatic nitrogens is 2. The predicted molar refractivity (Wildman–Crippen MR) is 112 cm³/mol. The Morgan fingerprint density at radius 1 is 0.929 bits per heavy atom. The normalized spacial score (nSPS) is 18.4. The lowest BCUT2D eigenvalue weighted by atomic mass is 9.99. The van der Waals surface area contributed by atoms with Crippen LogP contribution in [0.4, 0.5) is 11.5 Å². The van der Waals surface area contributed by atoms with Crippen molar-refractivity contribution < 1.29 is 4.79 Å². The van der Waals surface area contributed by atoms with Gasteiger partial charge in [-0.2, -0.15) is 0 Å². The number of nitrogens with zero attached hydrogens (tertiary/aromatic N) is 5. The standard InChI is InChI=1S/C22H29N5O/c1-17-8-10-27(11-9-17)22(28)20-6-7-21(24-23-20)26-14-12-25(13-15-26)19-5-3-4-18(2)16-19/h3-7,16-17H,8-15H2,1-2H3. The van der Waals surface area contributed by atoms with Crippen LogP contribution in [0.15, 0.2) is 36.4 Å². The minimum Gasteiger partial charge on any atom is -0.368 e. The number of aryl methyl sites for hydroxylation is 1. The Bertz CT molecular complexity index is 806. The van der Waals surface area contributed by atoms with Gasteiger partial charge < -0.3 is 14.7 Å². The van der Waals surface area contributed by atoms with E-state index >= 15 is 0 Å². The van der Waals surface area contributed by atoms with Gasteiger partial charge in [-0.1, -0.05) is 19.1 Å². The lowest BCUT2D eigenvalue weighted by Gasteiger charge is -2.36. The van der Waals surface area contributed by atoms with E-state index in [1.807, 2.05) is 17.0 Å². The maximum Gasteiger partial charge on any atom is 0.274 e. The van der Waals surface area contributed by atoms with E-state index in [1.165, 1.54) is 11.3 Å². The number of carbonyl (C=O) groups excluding carboxylic acids is 1. The summed E-state index contributed by atoms with van der Waals surface area (Å²) in [4.78, 5) is 19.2. The topological polar surface area (TPSA) is 52.6 Å². The summed E-state index contributed by atoms with van der Waals surface area (Å²) in [5.41, 5.74) is 3.02. The predicted octanol–water partition coefficient (Wildman–Crippen LogP) is 2.98. The Kier molecular flexibility index (Phi) is 5.46. The molecule has 0 bridgehead atoms. The van der Waals surface area contributed by atoms with Crippen molar-refractivity contribution in [3.8, 4) is 0 Å². The van der Waals surface area contributed by atoms with Gasteiger partial charge in [0.05, 0.1) is 0 Å². The summed E-state index contributed by atoms with van der Waals surface area (Å²) in [6.07, 6.45) is 2.14. The van der Waals surface area contributed by atoms with Crippen LogP contribution in [0.3, 0.4) is 0 Å². The molecule has 0 spiro atoms. The second-order valence-electron chi connectivity index (χ2n) is 8.06. The zero-order valence-corrected chi connectivity index (χ0v) is 16.8. The van der Waals surface area contributed by atoms with Gasteiger partial charge in [0.2, 0.25) is 0 Å². The number of hydrogen-bond donors (Lipinski definition) is 0. The maximum absolute atomic E-state index is 12.6. The molecule has 148 valence electrons. The Balaban J connectivity index is 1.35. The van der Waals surface area contributed by atoms with Crippen LogP contribution in [0, 0.1) is 12.8 Å². The number of amides is 1. The van der Waals surface area contributed by atoms with Crippen LogP contribution in [0.25, 0.3) is 0 Å². The molecule has 2 fully saturated rings.